The second-order valence-corrected chi connectivity index (χ2v) is 7.97. The molecule has 0 N–H and O–H groups in total. The predicted molar refractivity (Wildman–Crippen MR) is 123 cm³/mol. The Kier molecular flexibility index (Phi) is 5.67. The topological polar surface area (TPSA) is 34.2 Å². The van der Waals surface area contributed by atoms with E-state index in [1.54, 1.807) is 7.11 Å². The van der Waals surface area contributed by atoms with Crippen LogP contribution in [0, 0.1) is 0 Å². The minimum Gasteiger partial charge on any atom is -0.496 e. The maximum absolute atomic E-state index is 5.92. The van der Waals surface area contributed by atoms with Crippen molar-refractivity contribution in [2.75, 3.05) is 51.4 Å². The van der Waals surface area contributed by atoms with Gasteiger partial charge in [-0.2, -0.15) is 0 Å². The molecule has 160 valence electrons. The van der Waals surface area contributed by atoms with Crippen LogP contribution in [0.2, 0.25) is 0 Å². The highest BCUT2D eigenvalue weighted by molar-refractivity contribution is 5.71. The molecule has 0 atom stereocenters. The number of anilines is 1. The van der Waals surface area contributed by atoms with Gasteiger partial charge < -0.3 is 19.1 Å². The maximum Gasteiger partial charge on any atom is 0.184 e. The van der Waals surface area contributed by atoms with Gasteiger partial charge in [0, 0.05) is 38.3 Å². The lowest BCUT2D eigenvalue weighted by atomic mass is 10.0. The van der Waals surface area contributed by atoms with Crippen LogP contribution in [0.4, 0.5) is 5.69 Å². The highest BCUT2D eigenvalue weighted by Gasteiger charge is 2.23. The Morgan fingerprint density at radius 3 is 2.45 bits per heavy atom. The van der Waals surface area contributed by atoms with E-state index in [2.05, 4.69) is 64.4 Å². The third kappa shape index (κ3) is 4.19. The summed E-state index contributed by atoms with van der Waals surface area (Å²) in [6.45, 7) is 6.14. The molecule has 0 unspecified atom stereocenters. The molecule has 3 aromatic rings. The second kappa shape index (κ2) is 8.90. The highest BCUT2D eigenvalue weighted by atomic mass is 16.6. The molecule has 5 rings (SSSR count). The molecule has 0 aliphatic carbocycles. The van der Waals surface area contributed by atoms with Gasteiger partial charge in [-0.3, -0.25) is 4.90 Å². The largest absolute Gasteiger partial charge is 0.496 e. The van der Waals surface area contributed by atoms with Crippen LogP contribution in [0.25, 0.3) is 11.1 Å². The Morgan fingerprint density at radius 1 is 0.839 bits per heavy atom. The number of para-hydroxylation sites is 1. The summed E-state index contributed by atoms with van der Waals surface area (Å²) >= 11 is 0. The fraction of sp³-hybridized carbons (Fsp3) is 0.308. The summed E-state index contributed by atoms with van der Waals surface area (Å²) < 4.78 is 17.3. The first-order valence-corrected chi connectivity index (χ1v) is 10.9. The van der Waals surface area contributed by atoms with E-state index in [1.807, 2.05) is 12.1 Å². The van der Waals surface area contributed by atoms with Crippen LogP contribution < -0.4 is 19.1 Å². The average molecular weight is 417 g/mol. The van der Waals surface area contributed by atoms with E-state index >= 15 is 0 Å². The normalized spacial score (nSPS) is 16.2. The third-order valence-electron chi connectivity index (χ3n) is 6.01. The van der Waals surface area contributed by atoms with Gasteiger partial charge in [0.05, 0.1) is 12.8 Å². The molecular formula is C26H28N2O3. The quantitative estimate of drug-likeness (QED) is 0.614. The van der Waals surface area contributed by atoms with Gasteiger partial charge in [-0.25, -0.2) is 0 Å². The van der Waals surface area contributed by atoms with Crippen LogP contribution in [0.15, 0.2) is 66.7 Å². The van der Waals surface area contributed by atoms with Gasteiger partial charge in [0.25, 0.3) is 0 Å². The van der Waals surface area contributed by atoms with Crippen molar-refractivity contribution in [1.82, 2.24) is 4.90 Å². The van der Waals surface area contributed by atoms with Gasteiger partial charge in [-0.1, -0.05) is 42.5 Å². The van der Waals surface area contributed by atoms with Crippen LogP contribution in [0.3, 0.4) is 0 Å². The van der Waals surface area contributed by atoms with E-state index in [9.17, 15) is 0 Å². The van der Waals surface area contributed by atoms with E-state index in [0.717, 1.165) is 61.2 Å². The second-order valence-electron chi connectivity index (χ2n) is 7.97. The summed E-state index contributed by atoms with van der Waals surface area (Å²) in [5.74, 6) is 2.67. The SMILES string of the molecule is COc1ccc(CN2CCN(c3cccc4c3OCCO4)CC2)cc1-c1ccccc1. The molecule has 0 bridgehead atoms. The molecule has 2 heterocycles. The number of ether oxygens (including phenoxy) is 3. The van der Waals surface area contributed by atoms with Crippen molar-refractivity contribution in [1.29, 1.82) is 0 Å². The smallest absolute Gasteiger partial charge is 0.184 e. The number of nitrogens with zero attached hydrogens (tertiary/aromatic N) is 2. The van der Waals surface area contributed by atoms with Crippen molar-refractivity contribution in [2.45, 2.75) is 6.54 Å². The number of methoxy groups -OCH3 is 1. The summed E-state index contributed by atoms with van der Waals surface area (Å²) in [6, 6.07) is 23.1. The third-order valence-corrected chi connectivity index (χ3v) is 6.01. The lowest BCUT2D eigenvalue weighted by Crippen LogP contribution is -2.46. The zero-order chi connectivity index (χ0) is 21.0. The summed E-state index contributed by atoms with van der Waals surface area (Å²) in [7, 11) is 1.73. The van der Waals surface area contributed by atoms with Gasteiger partial charge in [0.2, 0.25) is 0 Å². The summed E-state index contributed by atoms with van der Waals surface area (Å²) in [5, 5.41) is 0. The Morgan fingerprint density at radius 2 is 1.65 bits per heavy atom. The lowest BCUT2D eigenvalue weighted by Gasteiger charge is -2.37. The lowest BCUT2D eigenvalue weighted by molar-refractivity contribution is 0.171. The molecule has 3 aromatic carbocycles. The Bertz CT molecular complexity index is 1030. The van der Waals surface area contributed by atoms with Crippen LogP contribution in [-0.4, -0.2) is 51.4 Å². The molecule has 0 aromatic heterocycles. The first kappa shape index (κ1) is 19.8. The average Bonchev–Trinajstić information content (AvgIpc) is 2.85. The maximum atomic E-state index is 5.92. The molecule has 5 nitrogen and oxygen atoms in total. The molecule has 2 aliphatic rings. The number of piperazine rings is 1. The van der Waals surface area contributed by atoms with Crippen molar-refractivity contribution in [3.63, 3.8) is 0 Å². The first-order chi connectivity index (χ1) is 15.3. The van der Waals surface area contributed by atoms with Gasteiger partial charge in [-0.05, 0) is 35.4 Å². The minimum absolute atomic E-state index is 0.616. The molecule has 1 fully saturated rings. The van der Waals surface area contributed by atoms with Crippen molar-refractivity contribution in [2.24, 2.45) is 0 Å². The zero-order valence-electron chi connectivity index (χ0n) is 17.9. The van der Waals surface area contributed by atoms with Crippen LogP contribution >= 0.6 is 0 Å². The molecule has 1 saturated heterocycles. The first-order valence-electron chi connectivity index (χ1n) is 10.9. The van der Waals surface area contributed by atoms with Gasteiger partial charge in [-0.15, -0.1) is 0 Å². The van der Waals surface area contributed by atoms with Gasteiger partial charge in [0.15, 0.2) is 11.5 Å². The molecule has 31 heavy (non-hydrogen) atoms. The van der Waals surface area contributed by atoms with E-state index in [-0.39, 0.29) is 0 Å². The number of hydrogen-bond acceptors (Lipinski definition) is 5. The summed E-state index contributed by atoms with van der Waals surface area (Å²) in [5.41, 5.74) is 4.78. The molecule has 5 heteroatoms. The molecule has 2 aliphatic heterocycles. The van der Waals surface area contributed by atoms with E-state index < -0.39 is 0 Å². The standard InChI is InChI=1S/C26H28N2O3/c1-29-24-11-10-20(18-22(24)21-6-3-2-4-7-21)19-27-12-14-28(15-13-27)23-8-5-9-25-26(23)31-17-16-30-25/h2-11,18H,12-17,19H2,1H3. The summed E-state index contributed by atoms with van der Waals surface area (Å²) in [4.78, 5) is 4.92. The van der Waals surface area contributed by atoms with E-state index in [0.29, 0.717) is 13.2 Å². The highest BCUT2D eigenvalue weighted by Crippen LogP contribution is 2.40. The van der Waals surface area contributed by atoms with Crippen molar-refractivity contribution in [3.8, 4) is 28.4 Å². The monoisotopic (exact) mass is 416 g/mol. The van der Waals surface area contributed by atoms with E-state index in [1.165, 1.54) is 11.1 Å². The van der Waals surface area contributed by atoms with Crippen LogP contribution in [-0.2, 0) is 6.54 Å². The number of rotatable bonds is 5. The molecule has 0 saturated carbocycles. The Labute approximate surface area is 183 Å². The number of fused-ring (bicyclic) bond motifs is 1. The van der Waals surface area contributed by atoms with Crippen LogP contribution in [0.5, 0.6) is 17.2 Å². The fourth-order valence-corrected chi connectivity index (χ4v) is 4.41. The summed E-state index contributed by atoms with van der Waals surface area (Å²) in [6.07, 6.45) is 0. The minimum atomic E-state index is 0.616. The molecule has 0 spiro atoms. The Hall–Kier alpha value is -3.18. The fourth-order valence-electron chi connectivity index (χ4n) is 4.41. The van der Waals surface area contributed by atoms with Gasteiger partial charge >= 0.3 is 0 Å². The molecule has 0 radical (unpaired) electrons. The van der Waals surface area contributed by atoms with Crippen molar-refractivity contribution in [3.05, 3.63) is 72.3 Å². The Balaban J connectivity index is 1.27. The molecular weight excluding hydrogens is 388 g/mol. The predicted octanol–water partition coefficient (Wildman–Crippen LogP) is 4.46. The molecule has 0 amide bonds. The number of hydrogen-bond donors (Lipinski definition) is 0. The zero-order valence-corrected chi connectivity index (χ0v) is 17.9. The van der Waals surface area contributed by atoms with Crippen molar-refractivity contribution >= 4 is 5.69 Å². The van der Waals surface area contributed by atoms with Gasteiger partial charge in [0.1, 0.15) is 19.0 Å². The van der Waals surface area contributed by atoms with Crippen LogP contribution in [0.1, 0.15) is 5.56 Å². The van der Waals surface area contributed by atoms with E-state index in [4.69, 9.17) is 14.2 Å². The number of benzene rings is 3. The van der Waals surface area contributed by atoms with Crippen molar-refractivity contribution < 1.29 is 14.2 Å².